The van der Waals surface area contributed by atoms with Crippen molar-refractivity contribution in [1.29, 1.82) is 0 Å². The van der Waals surface area contributed by atoms with Crippen LogP contribution in [0.1, 0.15) is 27.9 Å². The van der Waals surface area contributed by atoms with E-state index in [0.29, 0.717) is 5.69 Å². The maximum atomic E-state index is 12.4. The average Bonchev–Trinajstić information content (AvgIpc) is 3.40. The molecule has 1 aromatic heterocycles. The second kappa shape index (κ2) is 10.4. The van der Waals surface area contributed by atoms with E-state index in [-0.39, 0.29) is 16.9 Å². The van der Waals surface area contributed by atoms with Crippen molar-refractivity contribution >= 4 is 23.0 Å². The smallest absolute Gasteiger partial charge is 0.340 e. The molecular weight excluding hydrogens is 432 g/mol. The van der Waals surface area contributed by atoms with Gasteiger partial charge in [0.2, 0.25) is 0 Å². The van der Waals surface area contributed by atoms with E-state index in [4.69, 9.17) is 4.74 Å². The van der Waals surface area contributed by atoms with Gasteiger partial charge in [0, 0.05) is 24.1 Å². The number of aromatic nitrogens is 2. The summed E-state index contributed by atoms with van der Waals surface area (Å²) in [6, 6.07) is 21.1. The molecule has 0 saturated heterocycles. The predicted octanol–water partition coefficient (Wildman–Crippen LogP) is 5.49. The summed E-state index contributed by atoms with van der Waals surface area (Å²) in [7, 11) is 1.24. The van der Waals surface area contributed by atoms with Crippen molar-refractivity contribution in [3.05, 3.63) is 112 Å². The molecule has 4 aromatic rings. The highest BCUT2D eigenvalue weighted by Crippen LogP contribution is 2.32. The number of methoxy groups -OCH3 is 1. The number of imidazole rings is 1. The van der Waals surface area contributed by atoms with Crippen LogP contribution in [0.3, 0.4) is 0 Å². The van der Waals surface area contributed by atoms with Crippen molar-refractivity contribution in [3.8, 4) is 5.69 Å². The number of hydrogen-bond acceptors (Lipinski definition) is 6. The minimum atomic E-state index is -0.666. The van der Waals surface area contributed by atoms with Crippen LogP contribution in [-0.4, -0.2) is 27.6 Å². The summed E-state index contributed by atoms with van der Waals surface area (Å²) in [6.45, 7) is 0. The second-order valence-electron chi connectivity index (χ2n) is 7.77. The van der Waals surface area contributed by atoms with Gasteiger partial charge in [-0.3, -0.25) is 10.1 Å². The summed E-state index contributed by atoms with van der Waals surface area (Å²) >= 11 is 0. The summed E-state index contributed by atoms with van der Waals surface area (Å²) in [6.07, 6.45) is 7.61. The molecule has 8 nitrogen and oxygen atoms in total. The third kappa shape index (κ3) is 5.29. The minimum absolute atomic E-state index is 0.0741. The van der Waals surface area contributed by atoms with Crippen molar-refractivity contribution in [2.75, 3.05) is 12.4 Å². The zero-order valence-corrected chi connectivity index (χ0v) is 18.7. The first kappa shape index (κ1) is 22.7. The maximum Gasteiger partial charge on any atom is 0.340 e. The molecule has 0 amide bonds. The van der Waals surface area contributed by atoms with Gasteiger partial charge in [-0.15, -0.1) is 0 Å². The number of carbonyl (C=O) groups excluding carboxylic acids is 1. The Hall–Kier alpha value is -4.46. The zero-order valence-electron chi connectivity index (χ0n) is 18.7. The molecule has 1 heterocycles. The van der Waals surface area contributed by atoms with Crippen molar-refractivity contribution in [2.45, 2.75) is 19.3 Å². The third-order valence-corrected chi connectivity index (χ3v) is 5.51. The van der Waals surface area contributed by atoms with E-state index in [1.165, 1.54) is 41.4 Å². The lowest BCUT2D eigenvalue weighted by Crippen LogP contribution is -2.09. The third-order valence-electron chi connectivity index (χ3n) is 5.51. The van der Waals surface area contributed by atoms with Gasteiger partial charge in [0.1, 0.15) is 5.69 Å². The van der Waals surface area contributed by atoms with Crippen LogP contribution >= 0.6 is 0 Å². The SMILES string of the molecule is COC(=O)c1cc([N+](=O)[O-])c(-n2ccnc2)cc1Nc1ccc(CCCc2ccccc2)cc1. The van der Waals surface area contributed by atoms with Gasteiger partial charge in [-0.25, -0.2) is 9.78 Å². The van der Waals surface area contributed by atoms with Gasteiger partial charge < -0.3 is 14.6 Å². The van der Waals surface area contributed by atoms with Crippen LogP contribution in [0.15, 0.2) is 85.5 Å². The molecule has 1 N–H and O–H groups in total. The Morgan fingerprint density at radius 3 is 2.38 bits per heavy atom. The molecular formula is C26H24N4O4. The Morgan fingerprint density at radius 2 is 1.76 bits per heavy atom. The molecule has 0 atom stereocenters. The number of anilines is 2. The Balaban J connectivity index is 1.55. The lowest BCUT2D eigenvalue weighted by Gasteiger charge is -2.14. The first-order valence-corrected chi connectivity index (χ1v) is 10.8. The maximum absolute atomic E-state index is 12.4. The van der Waals surface area contributed by atoms with E-state index in [1.54, 1.807) is 12.3 Å². The number of carbonyl (C=O) groups is 1. The Morgan fingerprint density at radius 1 is 1.06 bits per heavy atom. The first-order chi connectivity index (χ1) is 16.5. The van der Waals surface area contributed by atoms with Crippen LogP contribution in [-0.2, 0) is 17.6 Å². The monoisotopic (exact) mass is 456 g/mol. The van der Waals surface area contributed by atoms with Crippen LogP contribution < -0.4 is 5.32 Å². The summed E-state index contributed by atoms with van der Waals surface area (Å²) in [5.74, 6) is -0.666. The molecule has 0 aliphatic carbocycles. The number of aryl methyl sites for hydroxylation is 2. The lowest BCUT2D eigenvalue weighted by molar-refractivity contribution is -0.384. The van der Waals surface area contributed by atoms with Gasteiger partial charge in [-0.2, -0.15) is 0 Å². The molecule has 0 fully saturated rings. The molecule has 8 heteroatoms. The van der Waals surface area contributed by atoms with Crippen LogP contribution in [0.4, 0.5) is 17.1 Å². The molecule has 34 heavy (non-hydrogen) atoms. The van der Waals surface area contributed by atoms with Crippen molar-refractivity contribution in [1.82, 2.24) is 9.55 Å². The largest absolute Gasteiger partial charge is 0.465 e. The Labute approximate surface area is 197 Å². The molecule has 0 spiro atoms. The van der Waals surface area contributed by atoms with E-state index in [0.717, 1.165) is 24.9 Å². The molecule has 0 saturated carbocycles. The molecule has 4 rings (SSSR count). The van der Waals surface area contributed by atoms with Crippen LogP contribution in [0, 0.1) is 10.1 Å². The van der Waals surface area contributed by atoms with E-state index in [1.807, 2.05) is 30.3 Å². The van der Waals surface area contributed by atoms with E-state index < -0.39 is 10.9 Å². The van der Waals surface area contributed by atoms with Gasteiger partial charge in [0.05, 0.1) is 29.6 Å². The summed E-state index contributed by atoms with van der Waals surface area (Å²) < 4.78 is 6.39. The predicted molar refractivity (Wildman–Crippen MR) is 130 cm³/mol. The van der Waals surface area contributed by atoms with Crippen LogP contribution in [0.25, 0.3) is 5.69 Å². The van der Waals surface area contributed by atoms with Crippen molar-refractivity contribution < 1.29 is 14.5 Å². The van der Waals surface area contributed by atoms with Gasteiger partial charge in [0.25, 0.3) is 5.69 Å². The van der Waals surface area contributed by atoms with Gasteiger partial charge in [0.15, 0.2) is 0 Å². The fourth-order valence-corrected chi connectivity index (χ4v) is 3.77. The summed E-state index contributed by atoms with van der Waals surface area (Å²) in [4.78, 5) is 27.5. The van der Waals surface area contributed by atoms with E-state index >= 15 is 0 Å². The number of ether oxygens (including phenoxy) is 1. The molecule has 0 bridgehead atoms. The number of nitrogens with zero attached hydrogens (tertiary/aromatic N) is 3. The van der Waals surface area contributed by atoms with Crippen LogP contribution in [0.2, 0.25) is 0 Å². The highest BCUT2D eigenvalue weighted by Gasteiger charge is 2.23. The van der Waals surface area contributed by atoms with Crippen molar-refractivity contribution in [2.24, 2.45) is 0 Å². The van der Waals surface area contributed by atoms with Crippen molar-refractivity contribution in [3.63, 3.8) is 0 Å². The Kier molecular flexibility index (Phi) is 6.98. The number of benzene rings is 3. The highest BCUT2D eigenvalue weighted by molar-refractivity contribution is 5.98. The zero-order chi connectivity index (χ0) is 23.9. The number of nitro groups is 1. The molecule has 172 valence electrons. The first-order valence-electron chi connectivity index (χ1n) is 10.8. The normalized spacial score (nSPS) is 10.6. The van der Waals surface area contributed by atoms with Gasteiger partial charge >= 0.3 is 5.97 Å². The molecule has 0 aliphatic rings. The molecule has 0 aliphatic heterocycles. The van der Waals surface area contributed by atoms with Crippen LogP contribution in [0.5, 0.6) is 0 Å². The number of esters is 1. The lowest BCUT2D eigenvalue weighted by atomic mass is 10.0. The minimum Gasteiger partial charge on any atom is -0.465 e. The fourth-order valence-electron chi connectivity index (χ4n) is 3.77. The number of hydrogen-bond donors (Lipinski definition) is 1. The van der Waals surface area contributed by atoms with E-state index in [2.05, 4.69) is 34.6 Å². The fraction of sp³-hybridized carbons (Fsp3) is 0.154. The quantitative estimate of drug-likeness (QED) is 0.203. The number of nitro benzene ring substituents is 1. The van der Waals surface area contributed by atoms with Gasteiger partial charge in [-0.1, -0.05) is 42.5 Å². The summed E-state index contributed by atoms with van der Waals surface area (Å²) in [5.41, 5.74) is 3.82. The molecule has 3 aromatic carbocycles. The topological polar surface area (TPSA) is 99.3 Å². The highest BCUT2D eigenvalue weighted by atomic mass is 16.6. The average molecular weight is 457 g/mol. The number of rotatable bonds is 9. The Bertz CT molecular complexity index is 1270. The summed E-state index contributed by atoms with van der Waals surface area (Å²) in [5, 5.41) is 14.9. The van der Waals surface area contributed by atoms with E-state index in [9.17, 15) is 14.9 Å². The molecule has 0 radical (unpaired) electrons. The number of nitrogens with one attached hydrogen (secondary N) is 1. The molecule has 0 unspecified atom stereocenters. The second-order valence-corrected chi connectivity index (χ2v) is 7.77. The standard InChI is InChI=1S/C26H24N4O4/c1-34-26(31)22-16-25(30(32)33)24(29-15-14-27-18-29)17-23(22)28-21-12-10-20(11-13-21)9-5-8-19-6-3-2-4-7-19/h2-4,6-7,10-18,28H,5,8-9H2,1H3. The van der Waals surface area contributed by atoms with Gasteiger partial charge in [-0.05, 0) is 48.6 Å².